The number of rotatable bonds is 7. The number of carbonyl (C=O) groups is 1. The smallest absolute Gasteiger partial charge is 0.468 e. The summed E-state index contributed by atoms with van der Waals surface area (Å²) in [6.07, 6.45) is 8.44. The Morgan fingerprint density at radius 3 is 2.50 bits per heavy atom. The third kappa shape index (κ3) is 6.43. The molecule has 0 bridgehead atoms. The molecule has 8 nitrogen and oxygen atoms in total. The number of likely N-dealkylation sites (tertiary alicyclic amines) is 1. The van der Waals surface area contributed by atoms with Crippen molar-refractivity contribution in [1.82, 2.24) is 9.47 Å². The second-order valence-electron chi connectivity index (χ2n) is 8.00. The van der Waals surface area contributed by atoms with Crippen molar-refractivity contribution in [1.29, 1.82) is 0 Å². The maximum atomic E-state index is 14.4. The van der Waals surface area contributed by atoms with Gasteiger partial charge in [0, 0.05) is 49.3 Å². The SMILES string of the molecule is C#C.C[N-]c1c(C(N)=NCc2cccc(CF)c2F)cc(C2(OC)CCN(C(C)=O)C2)c(=O)n1C.[K+]. The zero-order valence-corrected chi connectivity index (χ0v) is 24.5. The van der Waals surface area contributed by atoms with Crippen molar-refractivity contribution >= 4 is 17.6 Å². The number of terminal acetylenes is 1. The summed E-state index contributed by atoms with van der Waals surface area (Å²) in [5, 5.41) is 4.18. The fraction of sp³-hybridized carbons (Fsp3) is 0.400. The standard InChI is InChI=1S/C23H29F2N5O3.C2H2.K/c1-14(31)30-9-8-23(13-30,33-4)18-10-17(21(27-2)29(3)22(18)32)20(26)28-12-16-7-5-6-15(11-24)19(16)25;1-2;/h5-7,10H,8-9,11-13H2,1-4H3,(H3,26,27,28,32);1-2H;/q;;+1/p-1. The van der Waals surface area contributed by atoms with Crippen molar-refractivity contribution in [2.24, 2.45) is 17.8 Å². The van der Waals surface area contributed by atoms with Crippen LogP contribution in [-0.4, -0.2) is 48.5 Å². The average molecular weight is 526 g/mol. The molecular weight excluding hydrogens is 495 g/mol. The van der Waals surface area contributed by atoms with Crippen LogP contribution in [0, 0.1) is 18.7 Å². The van der Waals surface area contributed by atoms with Gasteiger partial charge in [0.1, 0.15) is 23.9 Å². The number of pyridine rings is 1. The van der Waals surface area contributed by atoms with Gasteiger partial charge in [0.2, 0.25) is 5.91 Å². The fourth-order valence-electron chi connectivity index (χ4n) is 4.17. The van der Waals surface area contributed by atoms with E-state index < -0.39 is 18.1 Å². The molecular formula is C25H30F2KN5O3. The van der Waals surface area contributed by atoms with E-state index in [2.05, 4.69) is 23.2 Å². The molecule has 2 heterocycles. The van der Waals surface area contributed by atoms with E-state index in [0.29, 0.717) is 29.9 Å². The number of benzene rings is 1. The number of aliphatic imine (C=N–C) groups is 1. The number of alkyl halides is 1. The Balaban J connectivity index is 0.00000211. The maximum absolute atomic E-state index is 14.4. The monoisotopic (exact) mass is 525 g/mol. The van der Waals surface area contributed by atoms with Crippen molar-refractivity contribution in [3.8, 4) is 12.8 Å². The maximum Gasteiger partial charge on any atom is 1.00 e. The Kier molecular flexibility index (Phi) is 12.4. The van der Waals surface area contributed by atoms with Gasteiger partial charge in [-0.1, -0.05) is 32.3 Å². The van der Waals surface area contributed by atoms with Gasteiger partial charge >= 0.3 is 51.4 Å². The van der Waals surface area contributed by atoms with Gasteiger partial charge in [0.25, 0.3) is 0 Å². The Bertz CT molecular complexity index is 1200. The predicted octanol–water partition coefficient (Wildman–Crippen LogP) is -0.118. The molecule has 1 atom stereocenters. The minimum absolute atomic E-state index is 0. The second-order valence-corrected chi connectivity index (χ2v) is 8.00. The van der Waals surface area contributed by atoms with Crippen LogP contribution in [0.3, 0.4) is 0 Å². The first-order valence-electron chi connectivity index (χ1n) is 10.8. The van der Waals surface area contributed by atoms with Crippen LogP contribution in [0.25, 0.3) is 5.32 Å². The van der Waals surface area contributed by atoms with E-state index in [0.717, 1.165) is 0 Å². The molecule has 0 aliphatic carbocycles. The molecule has 1 aromatic carbocycles. The van der Waals surface area contributed by atoms with Crippen molar-refractivity contribution in [3.05, 3.63) is 68.0 Å². The number of nitrogens with zero attached hydrogens (tertiary/aromatic N) is 4. The third-order valence-corrected chi connectivity index (χ3v) is 6.15. The van der Waals surface area contributed by atoms with Crippen LogP contribution < -0.4 is 62.7 Å². The number of methoxy groups -OCH3 is 1. The van der Waals surface area contributed by atoms with Gasteiger partial charge in [-0.25, -0.2) is 8.78 Å². The van der Waals surface area contributed by atoms with Crippen molar-refractivity contribution in [2.45, 2.75) is 32.2 Å². The third-order valence-electron chi connectivity index (χ3n) is 6.15. The summed E-state index contributed by atoms with van der Waals surface area (Å²) in [5.74, 6) is -0.419. The van der Waals surface area contributed by atoms with Gasteiger partial charge in [0.15, 0.2) is 5.56 Å². The molecule has 1 aliphatic heterocycles. The summed E-state index contributed by atoms with van der Waals surface area (Å²) in [4.78, 5) is 31.0. The number of hydrogen-bond acceptors (Lipinski definition) is 4. The Morgan fingerprint density at radius 1 is 1.33 bits per heavy atom. The topological polar surface area (TPSA) is 104 Å². The van der Waals surface area contributed by atoms with Gasteiger partial charge in [-0.3, -0.25) is 14.6 Å². The minimum atomic E-state index is -0.997. The number of halogens is 2. The molecule has 1 unspecified atom stereocenters. The average Bonchev–Trinajstić information content (AvgIpc) is 3.32. The second kappa shape index (κ2) is 14.0. The number of aromatic nitrogens is 1. The number of hydrogen-bond donors (Lipinski definition) is 1. The number of nitrogens with two attached hydrogens (primary N) is 1. The predicted molar refractivity (Wildman–Crippen MR) is 132 cm³/mol. The molecule has 3 rings (SSSR count). The number of carbonyl (C=O) groups excluding carboxylic acids is 1. The van der Waals surface area contributed by atoms with Crippen molar-refractivity contribution in [3.63, 3.8) is 0 Å². The van der Waals surface area contributed by atoms with Crippen LogP contribution in [0.1, 0.15) is 35.6 Å². The van der Waals surface area contributed by atoms with E-state index in [1.165, 1.54) is 37.8 Å². The zero-order valence-electron chi connectivity index (χ0n) is 21.3. The Hall–Kier alpha value is -2.07. The normalized spacial score (nSPS) is 17.1. The van der Waals surface area contributed by atoms with Crippen LogP contribution in [0.2, 0.25) is 0 Å². The summed E-state index contributed by atoms with van der Waals surface area (Å²) in [7, 11) is 4.59. The quantitative estimate of drug-likeness (QED) is 0.236. The van der Waals surface area contributed by atoms with Gasteiger partial charge < -0.3 is 25.3 Å². The summed E-state index contributed by atoms with van der Waals surface area (Å²) in [6.45, 7) is 1.12. The first-order valence-corrected chi connectivity index (χ1v) is 10.8. The van der Waals surface area contributed by atoms with E-state index in [1.54, 1.807) is 24.1 Å². The first kappa shape index (κ1) is 32.0. The molecule has 1 saturated heterocycles. The Morgan fingerprint density at radius 2 is 1.97 bits per heavy atom. The van der Waals surface area contributed by atoms with Crippen LogP contribution in [-0.2, 0) is 35.4 Å². The summed E-state index contributed by atoms with van der Waals surface area (Å²) in [6, 6.07) is 6.02. The molecule has 1 aromatic heterocycles. The van der Waals surface area contributed by atoms with E-state index in [-0.39, 0.29) is 92.9 Å². The van der Waals surface area contributed by atoms with Crippen molar-refractivity contribution < 1.29 is 69.7 Å². The summed E-state index contributed by atoms with van der Waals surface area (Å²) in [5.41, 5.74) is 5.82. The molecule has 1 amide bonds. The summed E-state index contributed by atoms with van der Waals surface area (Å²) < 4.78 is 34.5. The molecule has 0 radical (unpaired) electrons. The molecule has 0 spiro atoms. The van der Waals surface area contributed by atoms with E-state index in [9.17, 15) is 18.4 Å². The molecule has 1 fully saturated rings. The molecule has 2 N–H and O–H groups in total. The van der Waals surface area contributed by atoms with Crippen molar-refractivity contribution in [2.75, 3.05) is 27.2 Å². The van der Waals surface area contributed by atoms with Crippen LogP contribution >= 0.6 is 0 Å². The summed E-state index contributed by atoms with van der Waals surface area (Å²) >= 11 is 0. The number of amides is 1. The van der Waals surface area contributed by atoms with Gasteiger partial charge in [-0.2, -0.15) is 0 Å². The molecule has 1 aliphatic rings. The van der Waals surface area contributed by atoms with E-state index in [4.69, 9.17) is 10.5 Å². The number of amidine groups is 1. The van der Waals surface area contributed by atoms with Crippen LogP contribution in [0.5, 0.6) is 0 Å². The molecule has 188 valence electrons. The zero-order chi connectivity index (χ0) is 26.3. The molecule has 2 aromatic rings. The molecule has 36 heavy (non-hydrogen) atoms. The van der Waals surface area contributed by atoms with Gasteiger partial charge in [-0.15, -0.1) is 12.8 Å². The fourth-order valence-corrected chi connectivity index (χ4v) is 4.17. The first-order chi connectivity index (χ1) is 16.7. The van der Waals surface area contributed by atoms with E-state index in [1.807, 2.05) is 0 Å². The van der Waals surface area contributed by atoms with Gasteiger partial charge in [0.05, 0.1) is 13.1 Å². The number of ether oxygens (including phenoxy) is 1. The molecule has 0 saturated carbocycles. The van der Waals surface area contributed by atoms with E-state index >= 15 is 0 Å². The minimum Gasteiger partial charge on any atom is -0.468 e. The van der Waals surface area contributed by atoms with Crippen LogP contribution in [0.15, 0.2) is 34.1 Å². The van der Waals surface area contributed by atoms with Crippen LogP contribution in [0.4, 0.5) is 14.6 Å². The Labute approximate surface area is 252 Å². The van der Waals surface area contributed by atoms with Gasteiger partial charge in [-0.05, 0) is 11.9 Å². The largest absolute Gasteiger partial charge is 1.00 e. The molecule has 11 heteroatoms.